The van der Waals surface area contributed by atoms with E-state index in [-0.39, 0.29) is 12.1 Å². The van der Waals surface area contributed by atoms with E-state index in [2.05, 4.69) is 4.90 Å². The number of rotatable bonds is 2. The van der Waals surface area contributed by atoms with Gasteiger partial charge in [-0.25, -0.2) is 0 Å². The highest BCUT2D eigenvalue weighted by molar-refractivity contribution is 4.86. The lowest BCUT2D eigenvalue weighted by Gasteiger charge is -2.21. The van der Waals surface area contributed by atoms with Crippen LogP contribution in [-0.4, -0.2) is 49.0 Å². The lowest BCUT2D eigenvalue weighted by atomic mass is 10.1. The maximum Gasteiger partial charge on any atom is 0.0714 e. The maximum atomic E-state index is 9.34. The Morgan fingerprint density at radius 3 is 2.55 bits per heavy atom. The number of nitrogens with zero attached hydrogens (tertiary/aromatic N) is 1. The predicted molar refractivity (Wildman–Crippen MR) is 43.5 cm³/mol. The summed E-state index contributed by atoms with van der Waals surface area (Å²) in [5, 5.41) is 9.34. The molecule has 0 aromatic rings. The number of methoxy groups -OCH3 is 1. The van der Waals surface area contributed by atoms with Crippen LogP contribution in [0.25, 0.3) is 0 Å². The maximum absolute atomic E-state index is 9.34. The highest BCUT2D eigenvalue weighted by atomic mass is 16.5. The minimum atomic E-state index is -0.250. The summed E-state index contributed by atoms with van der Waals surface area (Å²) in [6.07, 6.45) is 1.00. The standard InChI is InChI=1S/C8H17NO2/c1-6(10)8-4-7(11-3)5-9(8)2/h6-8,10H,4-5H2,1-3H3/t6-,7-,8+/m1/s1. The van der Waals surface area contributed by atoms with Crippen LogP contribution in [0.4, 0.5) is 0 Å². The SMILES string of the molecule is CO[C@@H]1C[C@@H]([C@@H](C)O)N(C)C1. The molecule has 1 fully saturated rings. The Morgan fingerprint density at radius 2 is 2.27 bits per heavy atom. The van der Waals surface area contributed by atoms with E-state index in [4.69, 9.17) is 4.74 Å². The Hall–Kier alpha value is -0.120. The Bertz CT molecular complexity index is 127. The van der Waals surface area contributed by atoms with Gasteiger partial charge in [-0.2, -0.15) is 0 Å². The van der Waals surface area contributed by atoms with Crippen LogP contribution in [0.15, 0.2) is 0 Å². The number of hydrogen-bond donors (Lipinski definition) is 1. The molecule has 0 aliphatic carbocycles. The van der Waals surface area contributed by atoms with Crippen molar-refractivity contribution in [2.45, 2.75) is 31.6 Å². The van der Waals surface area contributed by atoms with E-state index in [9.17, 15) is 5.11 Å². The van der Waals surface area contributed by atoms with Gasteiger partial charge in [-0.1, -0.05) is 0 Å². The molecule has 0 unspecified atom stereocenters. The summed E-state index contributed by atoms with van der Waals surface area (Å²) in [7, 11) is 3.75. The van der Waals surface area contributed by atoms with Crippen LogP contribution < -0.4 is 0 Å². The van der Waals surface area contributed by atoms with Gasteiger partial charge in [-0.05, 0) is 20.4 Å². The van der Waals surface area contributed by atoms with Crippen molar-refractivity contribution in [2.24, 2.45) is 0 Å². The largest absolute Gasteiger partial charge is 0.392 e. The highest BCUT2D eigenvalue weighted by Gasteiger charge is 2.31. The zero-order valence-corrected chi connectivity index (χ0v) is 7.45. The van der Waals surface area contributed by atoms with E-state index in [0.717, 1.165) is 13.0 Å². The Labute approximate surface area is 68.0 Å². The van der Waals surface area contributed by atoms with Crippen LogP contribution in [0, 0.1) is 0 Å². The number of likely N-dealkylation sites (tertiary alicyclic amines) is 1. The highest BCUT2D eigenvalue weighted by Crippen LogP contribution is 2.20. The van der Waals surface area contributed by atoms with E-state index in [0.29, 0.717) is 6.10 Å². The lowest BCUT2D eigenvalue weighted by Crippen LogP contribution is -2.34. The molecule has 1 aliphatic rings. The van der Waals surface area contributed by atoms with Gasteiger partial charge in [0.05, 0.1) is 12.2 Å². The fourth-order valence-electron chi connectivity index (χ4n) is 1.72. The number of aliphatic hydroxyl groups excluding tert-OH is 1. The molecule has 0 bridgehead atoms. The molecule has 0 aromatic carbocycles. The van der Waals surface area contributed by atoms with Crippen molar-refractivity contribution in [1.29, 1.82) is 0 Å². The molecular weight excluding hydrogens is 142 g/mol. The molecule has 0 spiro atoms. The molecular formula is C8H17NO2. The summed E-state index contributed by atoms with van der Waals surface area (Å²) in [5.41, 5.74) is 0. The number of likely N-dealkylation sites (N-methyl/N-ethyl adjacent to an activating group) is 1. The second kappa shape index (κ2) is 3.52. The minimum Gasteiger partial charge on any atom is -0.392 e. The topological polar surface area (TPSA) is 32.7 Å². The fourth-order valence-corrected chi connectivity index (χ4v) is 1.72. The van der Waals surface area contributed by atoms with E-state index in [1.807, 2.05) is 14.0 Å². The van der Waals surface area contributed by atoms with Gasteiger partial charge in [-0.3, -0.25) is 4.90 Å². The summed E-state index contributed by atoms with van der Waals surface area (Å²) in [4.78, 5) is 2.15. The van der Waals surface area contributed by atoms with Crippen molar-refractivity contribution in [3.8, 4) is 0 Å². The smallest absolute Gasteiger partial charge is 0.0714 e. The first-order valence-corrected chi connectivity index (χ1v) is 4.06. The fraction of sp³-hybridized carbons (Fsp3) is 1.00. The Balaban J connectivity index is 2.45. The van der Waals surface area contributed by atoms with Crippen molar-refractivity contribution >= 4 is 0 Å². The number of hydrogen-bond acceptors (Lipinski definition) is 3. The first-order chi connectivity index (χ1) is 5.15. The van der Waals surface area contributed by atoms with Crippen LogP contribution in [0.2, 0.25) is 0 Å². The zero-order chi connectivity index (χ0) is 8.43. The van der Waals surface area contributed by atoms with Gasteiger partial charge in [0, 0.05) is 19.7 Å². The summed E-state index contributed by atoms with van der Waals surface area (Å²) < 4.78 is 5.21. The van der Waals surface area contributed by atoms with Crippen molar-refractivity contribution in [1.82, 2.24) is 4.90 Å². The van der Waals surface area contributed by atoms with E-state index < -0.39 is 0 Å². The molecule has 3 atom stereocenters. The van der Waals surface area contributed by atoms with Crippen LogP contribution >= 0.6 is 0 Å². The molecule has 66 valence electrons. The predicted octanol–water partition coefficient (Wildman–Crippen LogP) is 0.0863. The van der Waals surface area contributed by atoms with E-state index in [1.165, 1.54) is 0 Å². The second-order valence-corrected chi connectivity index (χ2v) is 3.34. The Kier molecular flexibility index (Phi) is 2.87. The quantitative estimate of drug-likeness (QED) is 0.619. The van der Waals surface area contributed by atoms with Gasteiger partial charge in [0.2, 0.25) is 0 Å². The van der Waals surface area contributed by atoms with Crippen molar-refractivity contribution in [3.05, 3.63) is 0 Å². The lowest BCUT2D eigenvalue weighted by molar-refractivity contribution is 0.0979. The van der Waals surface area contributed by atoms with Crippen molar-refractivity contribution in [3.63, 3.8) is 0 Å². The van der Waals surface area contributed by atoms with Gasteiger partial charge in [-0.15, -0.1) is 0 Å². The molecule has 0 amide bonds. The normalized spacial score (nSPS) is 36.0. The zero-order valence-electron chi connectivity index (χ0n) is 7.45. The van der Waals surface area contributed by atoms with Gasteiger partial charge >= 0.3 is 0 Å². The summed E-state index contributed by atoms with van der Waals surface area (Å²) >= 11 is 0. The molecule has 11 heavy (non-hydrogen) atoms. The molecule has 1 heterocycles. The summed E-state index contributed by atoms with van der Waals surface area (Å²) in [6.45, 7) is 2.77. The molecule has 0 saturated carbocycles. The third kappa shape index (κ3) is 1.92. The molecule has 3 heteroatoms. The van der Waals surface area contributed by atoms with Gasteiger partial charge in [0.25, 0.3) is 0 Å². The average Bonchev–Trinajstić information content (AvgIpc) is 2.30. The van der Waals surface area contributed by atoms with Crippen molar-refractivity contribution in [2.75, 3.05) is 20.7 Å². The molecule has 1 N–H and O–H groups in total. The Morgan fingerprint density at radius 1 is 1.64 bits per heavy atom. The average molecular weight is 159 g/mol. The molecule has 3 nitrogen and oxygen atoms in total. The third-order valence-electron chi connectivity index (χ3n) is 2.45. The van der Waals surface area contributed by atoms with Gasteiger partial charge < -0.3 is 9.84 Å². The second-order valence-electron chi connectivity index (χ2n) is 3.34. The first kappa shape index (κ1) is 8.97. The van der Waals surface area contributed by atoms with E-state index >= 15 is 0 Å². The van der Waals surface area contributed by atoms with Crippen molar-refractivity contribution < 1.29 is 9.84 Å². The van der Waals surface area contributed by atoms with Crippen LogP contribution in [0.1, 0.15) is 13.3 Å². The summed E-state index contributed by atoms with van der Waals surface area (Å²) in [6, 6.07) is 0.278. The number of ether oxygens (including phenoxy) is 1. The third-order valence-corrected chi connectivity index (χ3v) is 2.45. The van der Waals surface area contributed by atoms with E-state index in [1.54, 1.807) is 7.11 Å². The van der Waals surface area contributed by atoms with Gasteiger partial charge in [0.15, 0.2) is 0 Å². The molecule has 1 saturated heterocycles. The molecule has 1 rings (SSSR count). The minimum absolute atomic E-state index is 0.250. The molecule has 1 aliphatic heterocycles. The monoisotopic (exact) mass is 159 g/mol. The van der Waals surface area contributed by atoms with Crippen LogP contribution in [0.5, 0.6) is 0 Å². The van der Waals surface area contributed by atoms with Gasteiger partial charge in [0.1, 0.15) is 0 Å². The number of aliphatic hydroxyl groups is 1. The molecule has 0 radical (unpaired) electrons. The van der Waals surface area contributed by atoms with Crippen LogP contribution in [0.3, 0.4) is 0 Å². The summed E-state index contributed by atoms with van der Waals surface area (Å²) in [5.74, 6) is 0. The first-order valence-electron chi connectivity index (χ1n) is 4.06. The molecule has 0 aromatic heterocycles. The van der Waals surface area contributed by atoms with Crippen LogP contribution in [-0.2, 0) is 4.74 Å².